The van der Waals surface area contributed by atoms with E-state index in [2.05, 4.69) is 15.9 Å². The zero-order valence-electron chi connectivity index (χ0n) is 18.4. The number of amides is 1. The number of aliphatic hydroxyl groups excluding tert-OH is 1. The van der Waals surface area contributed by atoms with Crippen LogP contribution in [0.5, 0.6) is 5.75 Å². The van der Waals surface area contributed by atoms with Gasteiger partial charge < -0.3 is 19.6 Å². The van der Waals surface area contributed by atoms with Crippen molar-refractivity contribution in [2.45, 2.75) is 19.9 Å². The van der Waals surface area contributed by atoms with Gasteiger partial charge in [-0.2, -0.15) is 0 Å². The maximum absolute atomic E-state index is 13.0. The van der Waals surface area contributed by atoms with E-state index in [1.54, 1.807) is 42.5 Å². The highest BCUT2D eigenvalue weighted by Gasteiger charge is 2.45. The van der Waals surface area contributed by atoms with Gasteiger partial charge in [-0.3, -0.25) is 14.4 Å². The number of aryl methyl sites for hydroxylation is 1. The Morgan fingerprint density at radius 2 is 1.81 bits per heavy atom. The molecule has 1 amide bonds. The molecule has 0 bridgehead atoms. The van der Waals surface area contributed by atoms with E-state index in [0.717, 1.165) is 10.0 Å². The van der Waals surface area contributed by atoms with Crippen molar-refractivity contribution in [3.05, 3.63) is 69.2 Å². The molecule has 0 aliphatic carbocycles. The highest BCUT2D eigenvalue weighted by molar-refractivity contribution is 9.10. The monoisotopic (exact) mass is 500 g/mol. The highest BCUT2D eigenvalue weighted by atomic mass is 79.9. The van der Waals surface area contributed by atoms with Crippen LogP contribution >= 0.6 is 15.9 Å². The van der Waals surface area contributed by atoms with Gasteiger partial charge in [0, 0.05) is 30.0 Å². The maximum Gasteiger partial charge on any atom is 0.308 e. The predicted molar refractivity (Wildman–Crippen MR) is 124 cm³/mol. The molecule has 0 radical (unpaired) electrons. The molecule has 8 heteroatoms. The number of likely N-dealkylation sites (tertiary alicyclic amines) is 1. The van der Waals surface area contributed by atoms with E-state index in [9.17, 15) is 19.5 Å². The van der Waals surface area contributed by atoms with Crippen LogP contribution in [-0.2, 0) is 14.4 Å². The Balaban J connectivity index is 2.12. The molecular formula is C24H25BrN2O5. The fourth-order valence-electron chi connectivity index (χ4n) is 3.60. The molecule has 32 heavy (non-hydrogen) atoms. The van der Waals surface area contributed by atoms with E-state index >= 15 is 0 Å². The van der Waals surface area contributed by atoms with Gasteiger partial charge in [-0.15, -0.1) is 0 Å². The summed E-state index contributed by atoms with van der Waals surface area (Å²) in [5.74, 6) is -1.69. The second kappa shape index (κ2) is 9.67. The van der Waals surface area contributed by atoms with Crippen molar-refractivity contribution >= 4 is 39.3 Å². The number of rotatable bonds is 6. The van der Waals surface area contributed by atoms with Gasteiger partial charge in [0.1, 0.15) is 11.5 Å². The number of carbonyl (C=O) groups is 3. The van der Waals surface area contributed by atoms with Crippen LogP contribution in [0.2, 0.25) is 0 Å². The van der Waals surface area contributed by atoms with Crippen LogP contribution in [0.3, 0.4) is 0 Å². The zero-order chi connectivity index (χ0) is 23.6. The Morgan fingerprint density at radius 1 is 1.16 bits per heavy atom. The van der Waals surface area contributed by atoms with Crippen molar-refractivity contribution in [1.29, 1.82) is 0 Å². The molecule has 1 heterocycles. The number of Topliss-reactive ketones (excluding diaryl/α,β-unsaturated/α-hetero) is 1. The highest BCUT2D eigenvalue weighted by Crippen LogP contribution is 2.40. The standard InChI is InChI=1S/C24H25BrN2O5/c1-14-13-17(7-10-19(14)25)22(29)20-21(16-5-8-18(9-6-16)32-15(2)28)27(12-11-26(3)4)24(31)23(20)30/h5-10,13,21,29H,11-12H2,1-4H3/b22-20-. The van der Waals surface area contributed by atoms with Gasteiger partial charge >= 0.3 is 5.97 Å². The fraction of sp³-hybridized carbons (Fsp3) is 0.292. The van der Waals surface area contributed by atoms with Gasteiger partial charge in [0.15, 0.2) is 0 Å². The van der Waals surface area contributed by atoms with Crippen LogP contribution in [0.15, 0.2) is 52.5 Å². The second-order valence-corrected chi connectivity index (χ2v) is 8.78. The average Bonchev–Trinajstić information content (AvgIpc) is 2.98. The average molecular weight is 501 g/mol. The minimum Gasteiger partial charge on any atom is -0.507 e. The molecule has 7 nitrogen and oxygen atoms in total. The first-order chi connectivity index (χ1) is 15.1. The summed E-state index contributed by atoms with van der Waals surface area (Å²) in [5, 5.41) is 11.1. The Morgan fingerprint density at radius 3 is 2.38 bits per heavy atom. The molecule has 1 saturated heterocycles. The number of nitrogens with zero attached hydrogens (tertiary/aromatic N) is 2. The van der Waals surface area contributed by atoms with Crippen molar-refractivity contribution in [3.8, 4) is 5.75 Å². The number of esters is 1. The summed E-state index contributed by atoms with van der Waals surface area (Å²) in [6.45, 7) is 4.04. The summed E-state index contributed by atoms with van der Waals surface area (Å²) in [7, 11) is 3.76. The summed E-state index contributed by atoms with van der Waals surface area (Å²) in [4.78, 5) is 40.5. The third-order valence-electron chi connectivity index (χ3n) is 5.22. The first-order valence-corrected chi connectivity index (χ1v) is 10.9. The number of hydrogen-bond donors (Lipinski definition) is 1. The zero-order valence-corrected chi connectivity index (χ0v) is 20.0. The first-order valence-electron chi connectivity index (χ1n) is 10.1. The van der Waals surface area contributed by atoms with Crippen molar-refractivity contribution in [3.63, 3.8) is 0 Å². The number of aliphatic hydroxyl groups is 1. The van der Waals surface area contributed by atoms with Gasteiger partial charge in [-0.25, -0.2) is 0 Å². The minimum atomic E-state index is -0.759. The van der Waals surface area contributed by atoms with Gasteiger partial charge in [0.25, 0.3) is 11.7 Å². The summed E-state index contributed by atoms with van der Waals surface area (Å²) >= 11 is 3.43. The first kappa shape index (κ1) is 23.7. The van der Waals surface area contributed by atoms with Crippen LogP contribution in [-0.4, -0.2) is 59.8 Å². The van der Waals surface area contributed by atoms with E-state index in [1.807, 2.05) is 25.9 Å². The Bertz CT molecular complexity index is 1090. The third kappa shape index (κ3) is 4.92. The van der Waals surface area contributed by atoms with E-state index in [1.165, 1.54) is 11.8 Å². The lowest BCUT2D eigenvalue weighted by molar-refractivity contribution is -0.140. The molecule has 1 atom stereocenters. The lowest BCUT2D eigenvalue weighted by Crippen LogP contribution is -2.35. The molecule has 1 N–H and O–H groups in total. The molecule has 1 aliphatic heterocycles. The van der Waals surface area contributed by atoms with E-state index in [-0.39, 0.29) is 11.3 Å². The van der Waals surface area contributed by atoms with Crippen molar-refractivity contribution in [1.82, 2.24) is 9.80 Å². The third-order valence-corrected chi connectivity index (χ3v) is 6.11. The lowest BCUT2D eigenvalue weighted by atomic mass is 9.95. The number of hydrogen-bond acceptors (Lipinski definition) is 6. The SMILES string of the molecule is CC(=O)Oc1ccc(C2/C(=C(/O)c3ccc(Br)c(C)c3)C(=O)C(=O)N2CCN(C)C)cc1. The van der Waals surface area contributed by atoms with Gasteiger partial charge in [0.2, 0.25) is 0 Å². The number of ketones is 1. The van der Waals surface area contributed by atoms with Gasteiger partial charge in [-0.05, 0) is 56.4 Å². The van der Waals surface area contributed by atoms with Crippen LogP contribution < -0.4 is 4.74 Å². The van der Waals surface area contributed by atoms with E-state index in [0.29, 0.717) is 30.0 Å². The normalized spacial score (nSPS) is 17.8. The summed E-state index contributed by atoms with van der Waals surface area (Å²) < 4.78 is 5.96. The smallest absolute Gasteiger partial charge is 0.308 e. The van der Waals surface area contributed by atoms with Gasteiger partial charge in [-0.1, -0.05) is 34.1 Å². The lowest BCUT2D eigenvalue weighted by Gasteiger charge is -2.26. The largest absolute Gasteiger partial charge is 0.507 e. The molecule has 2 aromatic rings. The summed E-state index contributed by atoms with van der Waals surface area (Å²) in [6.07, 6.45) is 0. The molecule has 3 rings (SSSR count). The number of benzene rings is 2. The number of likely N-dealkylation sites (N-methyl/N-ethyl adjacent to an activating group) is 1. The Labute approximate surface area is 195 Å². The quantitative estimate of drug-likeness (QED) is 0.214. The minimum absolute atomic E-state index is 0.0377. The molecule has 168 valence electrons. The van der Waals surface area contributed by atoms with Gasteiger partial charge in [0.05, 0.1) is 11.6 Å². The summed E-state index contributed by atoms with van der Waals surface area (Å²) in [5.41, 5.74) is 2.01. The molecule has 2 aromatic carbocycles. The molecule has 0 aromatic heterocycles. The molecule has 1 unspecified atom stereocenters. The van der Waals surface area contributed by atoms with E-state index in [4.69, 9.17) is 4.74 Å². The molecular weight excluding hydrogens is 476 g/mol. The predicted octanol–water partition coefficient (Wildman–Crippen LogP) is 3.67. The molecule has 1 aliphatic rings. The molecule has 1 fully saturated rings. The van der Waals surface area contributed by atoms with Crippen molar-refractivity contribution < 1.29 is 24.2 Å². The summed E-state index contributed by atoms with van der Waals surface area (Å²) in [6, 6.07) is 11.1. The van der Waals surface area contributed by atoms with Crippen LogP contribution in [0.1, 0.15) is 29.7 Å². The fourth-order valence-corrected chi connectivity index (χ4v) is 3.84. The molecule has 0 spiro atoms. The van der Waals surface area contributed by atoms with Crippen LogP contribution in [0.25, 0.3) is 5.76 Å². The van der Waals surface area contributed by atoms with Crippen LogP contribution in [0, 0.1) is 6.92 Å². The number of carbonyl (C=O) groups excluding carboxylic acids is 3. The van der Waals surface area contributed by atoms with Crippen molar-refractivity contribution in [2.24, 2.45) is 0 Å². The number of halogens is 1. The number of ether oxygens (including phenoxy) is 1. The van der Waals surface area contributed by atoms with Crippen molar-refractivity contribution in [2.75, 3.05) is 27.2 Å². The topological polar surface area (TPSA) is 87.1 Å². The van der Waals surface area contributed by atoms with E-state index < -0.39 is 23.7 Å². The second-order valence-electron chi connectivity index (χ2n) is 7.92. The Hall–Kier alpha value is -2.97. The Kier molecular flexibility index (Phi) is 7.16. The maximum atomic E-state index is 13.0. The molecule has 0 saturated carbocycles. The van der Waals surface area contributed by atoms with Crippen LogP contribution in [0.4, 0.5) is 0 Å².